The monoisotopic (exact) mass is 263 g/mol. The molecule has 1 aromatic rings. The minimum atomic E-state index is -0.800. The van der Waals surface area contributed by atoms with E-state index in [-0.39, 0.29) is 18.6 Å². The average molecular weight is 263 g/mol. The van der Waals surface area contributed by atoms with Crippen molar-refractivity contribution in [3.8, 4) is 6.07 Å². The van der Waals surface area contributed by atoms with Crippen LogP contribution in [-0.2, 0) is 19.7 Å². The SMILES string of the molecule is COC(=O)[C@@H]1C[C@@](C#N)(c2cccs2)CCC1=O. The number of hydrogen-bond donors (Lipinski definition) is 0. The van der Waals surface area contributed by atoms with Crippen LogP contribution >= 0.6 is 11.3 Å². The van der Waals surface area contributed by atoms with Gasteiger partial charge in [0.15, 0.2) is 0 Å². The van der Waals surface area contributed by atoms with Crippen LogP contribution in [0.15, 0.2) is 17.5 Å². The number of hydrogen-bond acceptors (Lipinski definition) is 5. The van der Waals surface area contributed by atoms with Gasteiger partial charge in [-0.15, -0.1) is 11.3 Å². The van der Waals surface area contributed by atoms with Crippen molar-refractivity contribution in [3.63, 3.8) is 0 Å². The number of carbonyl (C=O) groups excluding carboxylic acids is 2. The molecule has 0 spiro atoms. The van der Waals surface area contributed by atoms with Gasteiger partial charge in [-0.05, 0) is 24.3 Å². The van der Waals surface area contributed by atoms with Gasteiger partial charge in [0, 0.05) is 11.3 Å². The Morgan fingerprint density at radius 3 is 3.00 bits per heavy atom. The molecule has 5 heteroatoms. The lowest BCUT2D eigenvalue weighted by Crippen LogP contribution is -2.40. The van der Waals surface area contributed by atoms with Gasteiger partial charge < -0.3 is 4.74 Å². The molecular weight excluding hydrogens is 250 g/mol. The molecule has 1 aliphatic carbocycles. The summed E-state index contributed by atoms with van der Waals surface area (Å²) in [5.74, 6) is -1.45. The fourth-order valence-electron chi connectivity index (χ4n) is 2.36. The molecule has 2 rings (SSSR count). The van der Waals surface area contributed by atoms with Crippen LogP contribution in [0.4, 0.5) is 0 Å². The zero-order valence-corrected chi connectivity index (χ0v) is 10.8. The van der Waals surface area contributed by atoms with Crippen LogP contribution in [0.5, 0.6) is 0 Å². The predicted molar refractivity (Wildman–Crippen MR) is 66.0 cm³/mol. The van der Waals surface area contributed by atoms with Crippen molar-refractivity contribution in [2.45, 2.75) is 24.7 Å². The second kappa shape index (κ2) is 4.91. The van der Waals surface area contributed by atoms with Crippen molar-refractivity contribution >= 4 is 23.1 Å². The summed E-state index contributed by atoms with van der Waals surface area (Å²) in [7, 11) is 1.27. The van der Waals surface area contributed by atoms with E-state index in [0.29, 0.717) is 6.42 Å². The lowest BCUT2D eigenvalue weighted by atomic mass is 9.69. The molecule has 0 aliphatic heterocycles. The van der Waals surface area contributed by atoms with Crippen LogP contribution in [0.3, 0.4) is 0 Å². The zero-order valence-electron chi connectivity index (χ0n) is 10.0. The molecule has 1 aromatic heterocycles. The number of carbonyl (C=O) groups is 2. The summed E-state index contributed by atoms with van der Waals surface area (Å²) in [6.07, 6.45) is 0.969. The number of Topliss-reactive ketones (excluding diaryl/α,β-unsaturated/α-hetero) is 1. The third-order valence-corrected chi connectivity index (χ3v) is 4.51. The van der Waals surface area contributed by atoms with Crippen molar-refractivity contribution in [2.75, 3.05) is 7.11 Å². The van der Waals surface area contributed by atoms with E-state index in [4.69, 9.17) is 0 Å². The molecule has 1 saturated carbocycles. The Bertz CT molecular complexity index is 495. The summed E-state index contributed by atoms with van der Waals surface area (Å²) in [5.41, 5.74) is -0.721. The fraction of sp³-hybridized carbons (Fsp3) is 0.462. The zero-order chi connectivity index (χ0) is 13.2. The third kappa shape index (κ3) is 2.04. The van der Waals surface area contributed by atoms with Crippen molar-refractivity contribution in [1.29, 1.82) is 5.26 Å². The van der Waals surface area contributed by atoms with Crippen molar-refractivity contribution in [2.24, 2.45) is 5.92 Å². The topological polar surface area (TPSA) is 67.2 Å². The van der Waals surface area contributed by atoms with Crippen molar-refractivity contribution in [1.82, 2.24) is 0 Å². The van der Waals surface area contributed by atoms with E-state index < -0.39 is 17.3 Å². The minimum Gasteiger partial charge on any atom is -0.468 e. The molecule has 0 N–H and O–H groups in total. The molecular formula is C13H13NO3S. The van der Waals surface area contributed by atoms with Crippen LogP contribution in [0, 0.1) is 17.2 Å². The van der Waals surface area contributed by atoms with Gasteiger partial charge in [0.1, 0.15) is 11.7 Å². The second-order valence-electron chi connectivity index (χ2n) is 4.42. The normalized spacial score (nSPS) is 27.6. The Morgan fingerprint density at radius 2 is 2.44 bits per heavy atom. The summed E-state index contributed by atoms with van der Waals surface area (Å²) in [5, 5.41) is 11.4. The van der Waals surface area contributed by atoms with E-state index >= 15 is 0 Å². The Kier molecular flexibility index (Phi) is 3.48. The van der Waals surface area contributed by atoms with Crippen molar-refractivity contribution < 1.29 is 14.3 Å². The maximum absolute atomic E-state index is 11.8. The summed E-state index contributed by atoms with van der Waals surface area (Å²) >= 11 is 1.49. The first-order chi connectivity index (χ1) is 8.63. The molecule has 0 saturated heterocycles. The van der Waals surface area contributed by atoms with Gasteiger partial charge in [-0.3, -0.25) is 9.59 Å². The predicted octanol–water partition coefficient (Wildman–Crippen LogP) is 2.05. The highest BCUT2D eigenvalue weighted by Crippen LogP contribution is 2.42. The van der Waals surface area contributed by atoms with Gasteiger partial charge in [-0.25, -0.2) is 0 Å². The first-order valence-corrected chi connectivity index (χ1v) is 6.57. The van der Waals surface area contributed by atoms with Gasteiger partial charge in [-0.2, -0.15) is 5.26 Å². The smallest absolute Gasteiger partial charge is 0.316 e. The Balaban J connectivity index is 2.33. The molecule has 1 aliphatic rings. The number of methoxy groups -OCH3 is 1. The van der Waals surface area contributed by atoms with E-state index in [1.165, 1.54) is 18.4 Å². The molecule has 4 nitrogen and oxygen atoms in total. The highest BCUT2D eigenvalue weighted by Gasteiger charge is 2.45. The number of thiophene rings is 1. The maximum Gasteiger partial charge on any atom is 0.316 e. The van der Waals surface area contributed by atoms with Gasteiger partial charge in [0.25, 0.3) is 0 Å². The number of nitriles is 1. The molecule has 18 heavy (non-hydrogen) atoms. The number of ether oxygens (including phenoxy) is 1. The van der Waals surface area contributed by atoms with E-state index in [1.54, 1.807) is 0 Å². The lowest BCUT2D eigenvalue weighted by molar-refractivity contribution is -0.151. The highest BCUT2D eigenvalue weighted by atomic mass is 32.1. The van der Waals surface area contributed by atoms with Crippen LogP contribution in [0.25, 0.3) is 0 Å². The summed E-state index contributed by atoms with van der Waals surface area (Å²) in [6, 6.07) is 6.06. The van der Waals surface area contributed by atoms with Crippen LogP contribution in [-0.4, -0.2) is 18.9 Å². The first kappa shape index (κ1) is 12.8. The number of rotatable bonds is 2. The summed E-state index contributed by atoms with van der Waals surface area (Å²) in [4.78, 5) is 24.3. The van der Waals surface area contributed by atoms with Crippen LogP contribution in [0.1, 0.15) is 24.1 Å². The first-order valence-electron chi connectivity index (χ1n) is 5.69. The number of esters is 1. The largest absolute Gasteiger partial charge is 0.468 e. The molecule has 1 heterocycles. The molecule has 0 radical (unpaired) electrons. The molecule has 1 fully saturated rings. The van der Waals surface area contributed by atoms with E-state index in [9.17, 15) is 14.9 Å². The maximum atomic E-state index is 11.8. The Hall–Kier alpha value is -1.67. The average Bonchev–Trinajstić information content (AvgIpc) is 2.93. The quantitative estimate of drug-likeness (QED) is 0.605. The van der Waals surface area contributed by atoms with E-state index in [2.05, 4.69) is 10.8 Å². The van der Waals surface area contributed by atoms with Gasteiger partial charge in [0.05, 0.1) is 18.6 Å². The second-order valence-corrected chi connectivity index (χ2v) is 5.37. The Labute approximate surface area is 109 Å². The van der Waals surface area contributed by atoms with E-state index in [0.717, 1.165) is 4.88 Å². The lowest BCUT2D eigenvalue weighted by Gasteiger charge is -2.32. The van der Waals surface area contributed by atoms with Crippen molar-refractivity contribution in [3.05, 3.63) is 22.4 Å². The molecule has 0 bridgehead atoms. The van der Waals surface area contributed by atoms with E-state index in [1.807, 2.05) is 17.5 Å². The van der Waals surface area contributed by atoms with Crippen LogP contribution in [0.2, 0.25) is 0 Å². The molecule has 2 atom stereocenters. The molecule has 0 aromatic carbocycles. The molecule has 0 unspecified atom stereocenters. The fourth-order valence-corrected chi connectivity index (χ4v) is 3.28. The van der Waals surface area contributed by atoms with Gasteiger partial charge >= 0.3 is 5.97 Å². The number of nitrogens with zero attached hydrogens (tertiary/aromatic N) is 1. The standard InChI is InChI=1S/C13H13NO3S/c1-17-12(16)9-7-13(8-14,5-4-10(9)15)11-3-2-6-18-11/h2-3,6,9H,4-5,7H2,1H3/t9-,13+/m1/s1. The van der Waals surface area contributed by atoms with Gasteiger partial charge in [-0.1, -0.05) is 6.07 Å². The van der Waals surface area contributed by atoms with Crippen LogP contribution < -0.4 is 0 Å². The number of ketones is 1. The highest BCUT2D eigenvalue weighted by molar-refractivity contribution is 7.10. The summed E-state index contributed by atoms with van der Waals surface area (Å²) in [6.45, 7) is 0. The Morgan fingerprint density at radius 1 is 1.67 bits per heavy atom. The third-order valence-electron chi connectivity index (χ3n) is 3.43. The minimum absolute atomic E-state index is 0.121. The molecule has 94 valence electrons. The summed E-state index contributed by atoms with van der Waals surface area (Å²) < 4.78 is 4.65. The van der Waals surface area contributed by atoms with Gasteiger partial charge in [0.2, 0.25) is 0 Å². The molecule has 0 amide bonds.